The summed E-state index contributed by atoms with van der Waals surface area (Å²) in [6, 6.07) is 11.2. The molecule has 2 rings (SSSR count). The SMILES string of the molecule is CC[C@H](C)c1ccc(NC(=O)c2cc(OC)c(OC)c(OC)c2)cc1. The van der Waals surface area contributed by atoms with E-state index in [1.807, 2.05) is 24.3 Å². The maximum atomic E-state index is 12.6. The Hall–Kier alpha value is -2.69. The number of benzene rings is 2. The van der Waals surface area contributed by atoms with Crippen LogP contribution in [0.1, 0.15) is 42.1 Å². The zero-order chi connectivity index (χ0) is 18.4. The number of amides is 1. The van der Waals surface area contributed by atoms with Gasteiger partial charge in [0.25, 0.3) is 5.91 Å². The van der Waals surface area contributed by atoms with Crippen LogP contribution >= 0.6 is 0 Å². The Balaban J connectivity index is 2.23. The van der Waals surface area contributed by atoms with E-state index in [0.29, 0.717) is 28.7 Å². The van der Waals surface area contributed by atoms with Crippen molar-refractivity contribution in [2.45, 2.75) is 26.2 Å². The molecule has 0 aliphatic heterocycles. The van der Waals surface area contributed by atoms with Crippen LogP contribution < -0.4 is 19.5 Å². The zero-order valence-corrected chi connectivity index (χ0v) is 15.4. The first-order valence-electron chi connectivity index (χ1n) is 8.25. The molecule has 134 valence electrons. The Morgan fingerprint density at radius 2 is 1.56 bits per heavy atom. The second kappa shape index (κ2) is 8.42. The highest BCUT2D eigenvalue weighted by atomic mass is 16.5. The minimum Gasteiger partial charge on any atom is -0.493 e. The van der Waals surface area contributed by atoms with Crippen molar-refractivity contribution >= 4 is 11.6 Å². The molecule has 0 radical (unpaired) electrons. The van der Waals surface area contributed by atoms with Crippen molar-refractivity contribution in [3.8, 4) is 17.2 Å². The standard InChI is InChI=1S/C20H25NO4/c1-6-13(2)14-7-9-16(10-8-14)21-20(22)15-11-17(23-3)19(25-5)18(12-15)24-4/h7-13H,6H2,1-5H3,(H,21,22)/t13-/m0/s1. The molecule has 5 heteroatoms. The van der Waals surface area contributed by atoms with Crippen molar-refractivity contribution < 1.29 is 19.0 Å². The van der Waals surface area contributed by atoms with Crippen molar-refractivity contribution in [1.82, 2.24) is 0 Å². The summed E-state index contributed by atoms with van der Waals surface area (Å²) in [5, 5.41) is 2.89. The zero-order valence-electron chi connectivity index (χ0n) is 15.4. The second-order valence-electron chi connectivity index (χ2n) is 5.80. The first-order valence-corrected chi connectivity index (χ1v) is 8.25. The summed E-state index contributed by atoms with van der Waals surface area (Å²) >= 11 is 0. The minimum absolute atomic E-state index is 0.240. The van der Waals surface area contributed by atoms with E-state index in [-0.39, 0.29) is 5.91 Å². The lowest BCUT2D eigenvalue weighted by molar-refractivity contribution is 0.102. The fraction of sp³-hybridized carbons (Fsp3) is 0.350. The third kappa shape index (κ3) is 4.24. The lowest BCUT2D eigenvalue weighted by Crippen LogP contribution is -2.12. The highest BCUT2D eigenvalue weighted by Crippen LogP contribution is 2.38. The summed E-state index contributed by atoms with van der Waals surface area (Å²) in [5.74, 6) is 1.60. The van der Waals surface area contributed by atoms with Crippen LogP contribution in [0.2, 0.25) is 0 Å². The average molecular weight is 343 g/mol. The van der Waals surface area contributed by atoms with Crippen LogP contribution in [-0.4, -0.2) is 27.2 Å². The van der Waals surface area contributed by atoms with Gasteiger partial charge in [-0.15, -0.1) is 0 Å². The van der Waals surface area contributed by atoms with E-state index in [0.717, 1.165) is 12.1 Å². The first-order chi connectivity index (χ1) is 12.0. The monoisotopic (exact) mass is 343 g/mol. The van der Waals surface area contributed by atoms with Crippen molar-refractivity contribution in [2.24, 2.45) is 0 Å². The first kappa shape index (κ1) is 18.6. The molecule has 0 fully saturated rings. The fourth-order valence-corrected chi connectivity index (χ4v) is 2.55. The summed E-state index contributed by atoms with van der Waals surface area (Å²) in [4.78, 5) is 12.6. The molecule has 0 bridgehead atoms. The topological polar surface area (TPSA) is 56.8 Å². The van der Waals surface area contributed by atoms with Crippen molar-refractivity contribution in [3.05, 3.63) is 47.5 Å². The molecule has 25 heavy (non-hydrogen) atoms. The van der Waals surface area contributed by atoms with Gasteiger partial charge in [0.1, 0.15) is 0 Å². The van der Waals surface area contributed by atoms with E-state index in [1.54, 1.807) is 12.1 Å². The Morgan fingerprint density at radius 3 is 2.00 bits per heavy atom. The maximum Gasteiger partial charge on any atom is 0.255 e. The molecule has 0 aromatic heterocycles. The second-order valence-corrected chi connectivity index (χ2v) is 5.80. The number of ether oxygens (including phenoxy) is 3. The molecule has 1 N–H and O–H groups in total. The lowest BCUT2D eigenvalue weighted by Gasteiger charge is -2.14. The van der Waals surface area contributed by atoms with Gasteiger partial charge in [-0.1, -0.05) is 26.0 Å². The van der Waals surface area contributed by atoms with Crippen molar-refractivity contribution in [2.75, 3.05) is 26.6 Å². The minimum atomic E-state index is -0.240. The van der Waals surface area contributed by atoms with Gasteiger partial charge < -0.3 is 19.5 Å². The number of anilines is 1. The quantitative estimate of drug-likeness (QED) is 0.805. The van der Waals surface area contributed by atoms with Crippen LogP contribution in [0.5, 0.6) is 17.2 Å². The molecular formula is C20H25NO4. The van der Waals surface area contributed by atoms with E-state index in [1.165, 1.54) is 26.9 Å². The van der Waals surface area contributed by atoms with E-state index in [4.69, 9.17) is 14.2 Å². The highest BCUT2D eigenvalue weighted by Gasteiger charge is 2.17. The molecule has 1 atom stereocenters. The van der Waals surface area contributed by atoms with E-state index < -0.39 is 0 Å². The third-order valence-electron chi connectivity index (χ3n) is 4.28. The van der Waals surface area contributed by atoms with Gasteiger partial charge in [-0.25, -0.2) is 0 Å². The largest absolute Gasteiger partial charge is 0.493 e. The van der Waals surface area contributed by atoms with Gasteiger partial charge in [-0.3, -0.25) is 4.79 Å². The van der Waals surface area contributed by atoms with Gasteiger partial charge in [-0.05, 0) is 42.2 Å². The molecule has 2 aromatic rings. The molecule has 1 amide bonds. The van der Waals surface area contributed by atoms with Gasteiger partial charge in [-0.2, -0.15) is 0 Å². The Bertz CT molecular complexity index is 700. The van der Waals surface area contributed by atoms with Crippen LogP contribution in [-0.2, 0) is 0 Å². The summed E-state index contributed by atoms with van der Waals surface area (Å²) in [6.07, 6.45) is 1.08. The van der Waals surface area contributed by atoms with Crippen LogP contribution in [0.25, 0.3) is 0 Å². The fourth-order valence-electron chi connectivity index (χ4n) is 2.55. The number of rotatable bonds is 7. The number of carbonyl (C=O) groups excluding carboxylic acids is 1. The summed E-state index contributed by atoms with van der Waals surface area (Å²) in [7, 11) is 4.57. The number of nitrogens with one attached hydrogen (secondary N) is 1. The molecule has 0 spiro atoms. The predicted molar refractivity (Wildman–Crippen MR) is 99.2 cm³/mol. The molecule has 5 nitrogen and oxygen atoms in total. The van der Waals surface area contributed by atoms with Gasteiger partial charge >= 0.3 is 0 Å². The normalized spacial score (nSPS) is 11.6. The number of methoxy groups -OCH3 is 3. The molecular weight excluding hydrogens is 318 g/mol. The summed E-state index contributed by atoms with van der Waals surface area (Å²) in [6.45, 7) is 4.34. The Kier molecular flexibility index (Phi) is 6.28. The molecule has 0 aliphatic rings. The van der Waals surface area contributed by atoms with Gasteiger partial charge in [0.05, 0.1) is 21.3 Å². The number of hydrogen-bond donors (Lipinski definition) is 1. The highest BCUT2D eigenvalue weighted by molar-refractivity contribution is 6.05. The predicted octanol–water partition coefficient (Wildman–Crippen LogP) is 4.48. The van der Waals surface area contributed by atoms with E-state index in [9.17, 15) is 4.79 Å². The summed E-state index contributed by atoms with van der Waals surface area (Å²) < 4.78 is 15.9. The van der Waals surface area contributed by atoms with Gasteiger partial charge in [0, 0.05) is 11.3 Å². The summed E-state index contributed by atoms with van der Waals surface area (Å²) in [5.41, 5.74) is 2.43. The van der Waals surface area contributed by atoms with E-state index in [2.05, 4.69) is 19.2 Å². The molecule has 0 saturated heterocycles. The lowest BCUT2D eigenvalue weighted by atomic mass is 9.98. The third-order valence-corrected chi connectivity index (χ3v) is 4.28. The van der Waals surface area contributed by atoms with Crippen LogP contribution in [0, 0.1) is 0 Å². The number of hydrogen-bond acceptors (Lipinski definition) is 4. The molecule has 0 aliphatic carbocycles. The van der Waals surface area contributed by atoms with Crippen LogP contribution in [0.15, 0.2) is 36.4 Å². The molecule has 2 aromatic carbocycles. The van der Waals surface area contributed by atoms with Crippen LogP contribution in [0.4, 0.5) is 5.69 Å². The smallest absolute Gasteiger partial charge is 0.255 e. The maximum absolute atomic E-state index is 12.6. The number of carbonyl (C=O) groups is 1. The van der Waals surface area contributed by atoms with E-state index >= 15 is 0 Å². The van der Waals surface area contributed by atoms with Gasteiger partial charge in [0.15, 0.2) is 11.5 Å². The molecule has 0 saturated carbocycles. The van der Waals surface area contributed by atoms with Crippen LogP contribution in [0.3, 0.4) is 0 Å². The Morgan fingerprint density at radius 1 is 1.00 bits per heavy atom. The average Bonchev–Trinajstić information content (AvgIpc) is 2.66. The Labute approximate surface area is 148 Å². The molecule has 0 heterocycles. The van der Waals surface area contributed by atoms with Crippen molar-refractivity contribution in [3.63, 3.8) is 0 Å². The van der Waals surface area contributed by atoms with Gasteiger partial charge in [0.2, 0.25) is 5.75 Å². The van der Waals surface area contributed by atoms with Crippen molar-refractivity contribution in [1.29, 1.82) is 0 Å². The molecule has 0 unspecified atom stereocenters.